The number of hydrogen-bond donors (Lipinski definition) is 2. The highest BCUT2D eigenvalue weighted by Crippen LogP contribution is 2.27. The molecule has 0 aliphatic heterocycles. The number of aryl methyl sites for hydroxylation is 1. The van der Waals surface area contributed by atoms with Gasteiger partial charge in [-0.25, -0.2) is 4.98 Å². The summed E-state index contributed by atoms with van der Waals surface area (Å²) in [7, 11) is 1.96. The van der Waals surface area contributed by atoms with E-state index < -0.39 is 0 Å². The average molecular weight is 236 g/mol. The molecule has 1 fully saturated rings. The standard InChI is InChI=1S/C12H20N4O/c1-16-7-6-14-11(16)4-5-15-12(17)9-13-8-10-2-3-10/h6-7,10,13H,2-5,8-9H2,1H3,(H,15,17). The zero-order valence-electron chi connectivity index (χ0n) is 10.3. The summed E-state index contributed by atoms with van der Waals surface area (Å²) in [5.74, 6) is 1.88. The van der Waals surface area contributed by atoms with Crippen molar-refractivity contribution in [3.8, 4) is 0 Å². The lowest BCUT2D eigenvalue weighted by Crippen LogP contribution is -2.35. The zero-order chi connectivity index (χ0) is 12.1. The van der Waals surface area contributed by atoms with Gasteiger partial charge in [-0.05, 0) is 25.3 Å². The predicted octanol–water partition coefficient (Wildman–Crippen LogP) is 0.0784. The first kappa shape index (κ1) is 12.1. The molecule has 5 nitrogen and oxygen atoms in total. The summed E-state index contributed by atoms with van der Waals surface area (Å²) in [5, 5.41) is 6.06. The van der Waals surface area contributed by atoms with Gasteiger partial charge in [0.25, 0.3) is 0 Å². The molecule has 17 heavy (non-hydrogen) atoms. The Bertz CT molecular complexity index is 370. The summed E-state index contributed by atoms with van der Waals surface area (Å²) in [4.78, 5) is 15.7. The van der Waals surface area contributed by atoms with Crippen LogP contribution >= 0.6 is 0 Å². The normalized spacial score (nSPS) is 14.9. The minimum absolute atomic E-state index is 0.0693. The lowest BCUT2D eigenvalue weighted by Gasteiger charge is -2.06. The van der Waals surface area contributed by atoms with Crippen molar-refractivity contribution in [2.75, 3.05) is 19.6 Å². The van der Waals surface area contributed by atoms with E-state index >= 15 is 0 Å². The molecule has 0 unspecified atom stereocenters. The third-order valence-corrected chi connectivity index (χ3v) is 3.01. The predicted molar refractivity (Wildman–Crippen MR) is 65.5 cm³/mol. The molecule has 94 valence electrons. The van der Waals surface area contributed by atoms with Crippen LogP contribution in [0.1, 0.15) is 18.7 Å². The van der Waals surface area contributed by atoms with Crippen molar-refractivity contribution in [3.05, 3.63) is 18.2 Å². The van der Waals surface area contributed by atoms with Crippen molar-refractivity contribution >= 4 is 5.91 Å². The van der Waals surface area contributed by atoms with Crippen molar-refractivity contribution in [1.29, 1.82) is 0 Å². The van der Waals surface area contributed by atoms with Crippen molar-refractivity contribution < 1.29 is 4.79 Å². The largest absolute Gasteiger partial charge is 0.355 e. The minimum Gasteiger partial charge on any atom is -0.355 e. The maximum Gasteiger partial charge on any atom is 0.233 e. The number of carbonyl (C=O) groups excluding carboxylic acids is 1. The molecular weight excluding hydrogens is 216 g/mol. The Morgan fingerprint density at radius 1 is 1.59 bits per heavy atom. The van der Waals surface area contributed by atoms with Crippen LogP contribution in [0.5, 0.6) is 0 Å². The quantitative estimate of drug-likeness (QED) is 0.705. The van der Waals surface area contributed by atoms with Gasteiger partial charge in [-0.3, -0.25) is 4.79 Å². The molecule has 1 amide bonds. The van der Waals surface area contributed by atoms with E-state index in [1.807, 2.05) is 17.8 Å². The number of aromatic nitrogens is 2. The van der Waals surface area contributed by atoms with E-state index in [0.717, 1.165) is 24.7 Å². The highest BCUT2D eigenvalue weighted by atomic mass is 16.1. The van der Waals surface area contributed by atoms with Gasteiger partial charge in [0.15, 0.2) is 0 Å². The summed E-state index contributed by atoms with van der Waals surface area (Å²) >= 11 is 0. The van der Waals surface area contributed by atoms with Crippen LogP contribution in [0, 0.1) is 5.92 Å². The van der Waals surface area contributed by atoms with Gasteiger partial charge in [-0.1, -0.05) is 0 Å². The second-order valence-electron chi connectivity index (χ2n) is 4.63. The number of rotatable bonds is 7. The summed E-state index contributed by atoms with van der Waals surface area (Å²) in [6.07, 6.45) is 7.09. The van der Waals surface area contributed by atoms with Gasteiger partial charge in [0.1, 0.15) is 5.82 Å². The van der Waals surface area contributed by atoms with E-state index in [2.05, 4.69) is 15.6 Å². The molecule has 1 aromatic heterocycles. The first-order valence-corrected chi connectivity index (χ1v) is 6.19. The second kappa shape index (κ2) is 5.82. The van der Waals surface area contributed by atoms with Crippen LogP contribution in [0.15, 0.2) is 12.4 Å². The summed E-state index contributed by atoms with van der Waals surface area (Å²) in [6.45, 7) is 2.05. The maximum absolute atomic E-state index is 11.5. The minimum atomic E-state index is 0.0693. The van der Waals surface area contributed by atoms with Crippen molar-refractivity contribution in [2.24, 2.45) is 13.0 Å². The molecule has 0 saturated heterocycles. The van der Waals surface area contributed by atoms with E-state index in [1.54, 1.807) is 6.20 Å². The first-order chi connectivity index (χ1) is 8.25. The molecule has 0 atom stereocenters. The molecule has 1 heterocycles. The Morgan fingerprint density at radius 2 is 2.41 bits per heavy atom. The number of hydrogen-bond acceptors (Lipinski definition) is 3. The molecule has 1 aliphatic rings. The Balaban J connectivity index is 1.54. The van der Waals surface area contributed by atoms with Gasteiger partial charge in [0.05, 0.1) is 6.54 Å². The number of nitrogens with one attached hydrogen (secondary N) is 2. The third kappa shape index (κ3) is 4.19. The third-order valence-electron chi connectivity index (χ3n) is 3.01. The lowest BCUT2D eigenvalue weighted by molar-refractivity contribution is -0.120. The average Bonchev–Trinajstić information content (AvgIpc) is 3.03. The van der Waals surface area contributed by atoms with Crippen LogP contribution in [-0.2, 0) is 18.3 Å². The Labute approximate surface area is 102 Å². The van der Waals surface area contributed by atoms with Crippen molar-refractivity contribution in [1.82, 2.24) is 20.2 Å². The fraction of sp³-hybridized carbons (Fsp3) is 0.667. The molecule has 0 spiro atoms. The van der Waals surface area contributed by atoms with Gasteiger partial charge < -0.3 is 15.2 Å². The van der Waals surface area contributed by atoms with Crippen LogP contribution in [0.2, 0.25) is 0 Å². The van der Waals surface area contributed by atoms with Gasteiger partial charge in [-0.2, -0.15) is 0 Å². The first-order valence-electron chi connectivity index (χ1n) is 6.19. The number of carbonyl (C=O) groups is 1. The molecule has 1 aliphatic carbocycles. The number of nitrogens with zero attached hydrogens (tertiary/aromatic N) is 2. The fourth-order valence-corrected chi connectivity index (χ4v) is 1.73. The van der Waals surface area contributed by atoms with Crippen LogP contribution in [0.25, 0.3) is 0 Å². The molecule has 0 aromatic carbocycles. The maximum atomic E-state index is 11.5. The van der Waals surface area contributed by atoms with E-state index in [1.165, 1.54) is 12.8 Å². The van der Waals surface area contributed by atoms with E-state index in [9.17, 15) is 4.79 Å². The molecule has 1 saturated carbocycles. The zero-order valence-corrected chi connectivity index (χ0v) is 10.3. The molecule has 5 heteroatoms. The Kier molecular flexibility index (Phi) is 4.14. The van der Waals surface area contributed by atoms with Gasteiger partial charge in [-0.15, -0.1) is 0 Å². The number of imidazole rings is 1. The van der Waals surface area contributed by atoms with Crippen LogP contribution in [0.3, 0.4) is 0 Å². The SMILES string of the molecule is Cn1ccnc1CCNC(=O)CNCC1CC1. The van der Waals surface area contributed by atoms with Crippen LogP contribution in [0.4, 0.5) is 0 Å². The monoisotopic (exact) mass is 236 g/mol. The molecule has 0 radical (unpaired) electrons. The molecule has 0 bridgehead atoms. The second-order valence-corrected chi connectivity index (χ2v) is 4.63. The van der Waals surface area contributed by atoms with E-state index in [4.69, 9.17) is 0 Å². The topological polar surface area (TPSA) is 59.0 Å². The Hall–Kier alpha value is -1.36. The van der Waals surface area contributed by atoms with Crippen molar-refractivity contribution in [3.63, 3.8) is 0 Å². The fourth-order valence-electron chi connectivity index (χ4n) is 1.73. The van der Waals surface area contributed by atoms with E-state index in [0.29, 0.717) is 13.1 Å². The summed E-state index contributed by atoms with van der Waals surface area (Å²) < 4.78 is 1.97. The molecule has 2 rings (SSSR count). The van der Waals surface area contributed by atoms with Gasteiger partial charge in [0.2, 0.25) is 5.91 Å². The summed E-state index contributed by atoms with van der Waals surface area (Å²) in [5.41, 5.74) is 0. The van der Waals surface area contributed by atoms with E-state index in [-0.39, 0.29) is 5.91 Å². The highest BCUT2D eigenvalue weighted by molar-refractivity contribution is 5.77. The highest BCUT2D eigenvalue weighted by Gasteiger charge is 2.20. The number of amides is 1. The van der Waals surface area contributed by atoms with Crippen LogP contribution < -0.4 is 10.6 Å². The van der Waals surface area contributed by atoms with Gasteiger partial charge >= 0.3 is 0 Å². The molecule has 2 N–H and O–H groups in total. The molecule has 1 aromatic rings. The summed E-state index contributed by atoms with van der Waals surface area (Å²) in [6, 6.07) is 0. The van der Waals surface area contributed by atoms with Gasteiger partial charge in [0, 0.05) is 32.4 Å². The molecular formula is C12H20N4O. The smallest absolute Gasteiger partial charge is 0.233 e. The van der Waals surface area contributed by atoms with Crippen LogP contribution in [-0.4, -0.2) is 35.1 Å². The lowest BCUT2D eigenvalue weighted by atomic mass is 10.4. The Morgan fingerprint density at radius 3 is 3.06 bits per heavy atom. The van der Waals surface area contributed by atoms with Crippen molar-refractivity contribution in [2.45, 2.75) is 19.3 Å².